The van der Waals surface area contributed by atoms with Gasteiger partial charge in [0.25, 0.3) is 0 Å². The number of nitrogens with zero attached hydrogens (tertiary/aromatic N) is 1. The fourth-order valence-corrected chi connectivity index (χ4v) is 2.94. The minimum atomic E-state index is -3.91. The SMILES string of the molecule is CN1C2CCC1CC(NCC(F)(F)C(F)F)C2. The van der Waals surface area contributed by atoms with Crippen LogP contribution in [0.15, 0.2) is 0 Å². The second-order valence-electron chi connectivity index (χ2n) is 5.16. The van der Waals surface area contributed by atoms with Gasteiger partial charge in [0.15, 0.2) is 0 Å². The lowest BCUT2D eigenvalue weighted by molar-refractivity contribution is -0.127. The molecule has 0 aromatic carbocycles. The van der Waals surface area contributed by atoms with Gasteiger partial charge in [-0.3, -0.25) is 0 Å². The van der Waals surface area contributed by atoms with Crippen molar-refractivity contribution in [1.29, 1.82) is 0 Å². The summed E-state index contributed by atoms with van der Waals surface area (Å²) in [5.74, 6) is -3.91. The molecule has 0 aromatic heterocycles. The van der Waals surface area contributed by atoms with Crippen LogP contribution in [0.1, 0.15) is 25.7 Å². The average molecular weight is 254 g/mol. The number of rotatable bonds is 4. The first-order chi connectivity index (χ1) is 7.90. The maximum absolute atomic E-state index is 12.8. The van der Waals surface area contributed by atoms with Gasteiger partial charge >= 0.3 is 12.3 Å². The van der Waals surface area contributed by atoms with Gasteiger partial charge in [0.05, 0.1) is 6.54 Å². The van der Waals surface area contributed by atoms with Crippen LogP contribution in [0.4, 0.5) is 17.6 Å². The number of piperidine rings is 1. The molecule has 2 saturated heterocycles. The molecule has 1 N–H and O–H groups in total. The van der Waals surface area contributed by atoms with E-state index in [4.69, 9.17) is 0 Å². The first-order valence-corrected chi connectivity index (χ1v) is 6.01. The van der Waals surface area contributed by atoms with E-state index in [9.17, 15) is 17.6 Å². The highest BCUT2D eigenvalue weighted by atomic mass is 19.3. The van der Waals surface area contributed by atoms with Gasteiger partial charge in [-0.2, -0.15) is 8.78 Å². The lowest BCUT2D eigenvalue weighted by Crippen LogP contribution is -2.50. The van der Waals surface area contributed by atoms with E-state index in [0.29, 0.717) is 12.1 Å². The van der Waals surface area contributed by atoms with E-state index in [1.165, 1.54) is 0 Å². The Hall–Kier alpha value is -0.360. The Labute approximate surface area is 98.3 Å². The van der Waals surface area contributed by atoms with Crippen LogP contribution in [0.5, 0.6) is 0 Å². The van der Waals surface area contributed by atoms with Crippen molar-refractivity contribution in [2.24, 2.45) is 0 Å². The lowest BCUT2D eigenvalue weighted by atomic mass is 9.98. The number of nitrogens with one attached hydrogen (secondary N) is 1. The Morgan fingerprint density at radius 2 is 1.76 bits per heavy atom. The van der Waals surface area contributed by atoms with Gasteiger partial charge in [-0.25, -0.2) is 8.78 Å². The lowest BCUT2D eigenvalue weighted by Gasteiger charge is -2.37. The second kappa shape index (κ2) is 4.72. The van der Waals surface area contributed by atoms with Crippen molar-refractivity contribution < 1.29 is 17.6 Å². The monoisotopic (exact) mass is 254 g/mol. The topological polar surface area (TPSA) is 15.3 Å². The van der Waals surface area contributed by atoms with Crippen molar-refractivity contribution in [3.63, 3.8) is 0 Å². The third-order valence-corrected chi connectivity index (χ3v) is 4.04. The van der Waals surface area contributed by atoms with Crippen molar-refractivity contribution in [3.8, 4) is 0 Å². The molecule has 2 rings (SSSR count). The first-order valence-electron chi connectivity index (χ1n) is 6.01. The van der Waals surface area contributed by atoms with Crippen LogP contribution < -0.4 is 5.32 Å². The molecule has 2 aliphatic rings. The van der Waals surface area contributed by atoms with Gasteiger partial charge in [-0.15, -0.1) is 0 Å². The minimum absolute atomic E-state index is 0.0478. The largest absolute Gasteiger partial charge is 0.319 e. The summed E-state index contributed by atoms with van der Waals surface area (Å²) in [6, 6.07) is 0.797. The summed E-state index contributed by atoms with van der Waals surface area (Å²) in [6.45, 7) is -0.918. The van der Waals surface area contributed by atoms with E-state index < -0.39 is 18.9 Å². The summed E-state index contributed by atoms with van der Waals surface area (Å²) >= 11 is 0. The van der Waals surface area contributed by atoms with Crippen LogP contribution in [0.25, 0.3) is 0 Å². The molecule has 0 aromatic rings. The Balaban J connectivity index is 1.82. The fraction of sp³-hybridized carbons (Fsp3) is 1.00. The second-order valence-corrected chi connectivity index (χ2v) is 5.16. The summed E-state index contributed by atoms with van der Waals surface area (Å²) in [4.78, 5) is 2.28. The quantitative estimate of drug-likeness (QED) is 0.773. The zero-order valence-electron chi connectivity index (χ0n) is 9.80. The molecule has 2 heterocycles. The molecule has 100 valence electrons. The van der Waals surface area contributed by atoms with Crippen molar-refractivity contribution in [1.82, 2.24) is 10.2 Å². The van der Waals surface area contributed by atoms with Crippen LogP contribution in [0.2, 0.25) is 0 Å². The van der Waals surface area contributed by atoms with Crippen LogP contribution >= 0.6 is 0 Å². The van der Waals surface area contributed by atoms with Gasteiger partial charge in [0, 0.05) is 18.1 Å². The predicted molar refractivity (Wildman–Crippen MR) is 56.5 cm³/mol. The van der Waals surface area contributed by atoms with Crippen molar-refractivity contribution >= 4 is 0 Å². The predicted octanol–water partition coefficient (Wildman–Crippen LogP) is 2.10. The molecule has 6 heteroatoms. The summed E-state index contributed by atoms with van der Waals surface area (Å²) in [6.07, 6.45) is 0.159. The Kier molecular flexibility index (Phi) is 3.63. The molecule has 2 unspecified atom stereocenters. The van der Waals surface area contributed by atoms with Gasteiger partial charge in [-0.05, 0) is 32.7 Å². The Morgan fingerprint density at radius 1 is 1.24 bits per heavy atom. The van der Waals surface area contributed by atoms with E-state index in [0.717, 1.165) is 25.7 Å². The van der Waals surface area contributed by atoms with Gasteiger partial charge in [-0.1, -0.05) is 0 Å². The highest BCUT2D eigenvalue weighted by molar-refractivity contribution is 4.96. The highest BCUT2D eigenvalue weighted by Gasteiger charge is 2.43. The molecule has 2 fully saturated rings. The number of hydrogen-bond acceptors (Lipinski definition) is 2. The van der Waals surface area contributed by atoms with E-state index in [1.54, 1.807) is 0 Å². The molecule has 0 amide bonds. The summed E-state index contributed by atoms with van der Waals surface area (Å²) in [7, 11) is 2.05. The molecule has 2 bridgehead atoms. The van der Waals surface area contributed by atoms with E-state index in [1.807, 2.05) is 7.05 Å². The number of hydrogen-bond donors (Lipinski definition) is 1. The van der Waals surface area contributed by atoms with Crippen LogP contribution in [-0.4, -0.2) is 49.0 Å². The molecule has 0 saturated carbocycles. The van der Waals surface area contributed by atoms with Gasteiger partial charge in [0.1, 0.15) is 0 Å². The third-order valence-electron chi connectivity index (χ3n) is 4.04. The van der Waals surface area contributed by atoms with E-state index >= 15 is 0 Å². The van der Waals surface area contributed by atoms with E-state index in [-0.39, 0.29) is 6.04 Å². The zero-order valence-corrected chi connectivity index (χ0v) is 9.80. The van der Waals surface area contributed by atoms with Crippen LogP contribution in [-0.2, 0) is 0 Å². The molecule has 2 atom stereocenters. The smallest absolute Gasteiger partial charge is 0.308 e. The highest BCUT2D eigenvalue weighted by Crippen LogP contribution is 2.34. The maximum atomic E-state index is 12.8. The Bertz CT molecular complexity index is 258. The minimum Gasteiger partial charge on any atom is -0.308 e. The standard InChI is InChI=1S/C11H18F4N2/c1-17-8-2-3-9(17)5-7(4-8)16-6-11(14,15)10(12)13/h7-10,16H,2-6H2,1H3. The first kappa shape index (κ1) is 13.1. The summed E-state index contributed by atoms with van der Waals surface area (Å²) < 4.78 is 49.5. The fourth-order valence-electron chi connectivity index (χ4n) is 2.94. The molecule has 0 radical (unpaired) electrons. The third kappa shape index (κ3) is 2.73. The molecule has 17 heavy (non-hydrogen) atoms. The average Bonchev–Trinajstić information content (AvgIpc) is 2.51. The van der Waals surface area contributed by atoms with Crippen molar-refractivity contribution in [2.75, 3.05) is 13.6 Å². The number of alkyl halides is 4. The summed E-state index contributed by atoms with van der Waals surface area (Å²) in [5.41, 5.74) is 0. The van der Waals surface area contributed by atoms with Crippen molar-refractivity contribution in [3.05, 3.63) is 0 Å². The van der Waals surface area contributed by atoms with Crippen LogP contribution in [0.3, 0.4) is 0 Å². The molecule has 0 spiro atoms. The number of fused-ring (bicyclic) bond motifs is 2. The van der Waals surface area contributed by atoms with E-state index in [2.05, 4.69) is 10.2 Å². The molecule has 2 aliphatic heterocycles. The molecule has 0 aliphatic carbocycles. The molecular weight excluding hydrogens is 236 g/mol. The zero-order chi connectivity index (χ0) is 12.6. The maximum Gasteiger partial charge on any atom is 0.319 e. The molecule has 2 nitrogen and oxygen atoms in total. The molecular formula is C11H18F4N2. The Morgan fingerprint density at radius 3 is 2.24 bits per heavy atom. The van der Waals surface area contributed by atoms with Gasteiger partial charge in [0.2, 0.25) is 0 Å². The van der Waals surface area contributed by atoms with Gasteiger partial charge < -0.3 is 10.2 Å². The number of halogens is 4. The van der Waals surface area contributed by atoms with Crippen LogP contribution in [0, 0.1) is 0 Å². The van der Waals surface area contributed by atoms with Crippen molar-refractivity contribution in [2.45, 2.75) is 56.2 Å². The summed E-state index contributed by atoms with van der Waals surface area (Å²) in [5, 5.41) is 2.61. The normalized spacial score (nSPS) is 34.6.